The summed E-state index contributed by atoms with van der Waals surface area (Å²) >= 11 is 0. The van der Waals surface area contributed by atoms with Crippen LogP contribution in [0.25, 0.3) is 0 Å². The Morgan fingerprint density at radius 2 is 1.73 bits per heavy atom. The molecule has 0 unspecified atom stereocenters. The van der Waals surface area contributed by atoms with Gasteiger partial charge in [0, 0.05) is 50.0 Å². The summed E-state index contributed by atoms with van der Waals surface area (Å²) < 4.78 is 25.5. The second-order valence-corrected chi connectivity index (χ2v) is 15.4. The van der Waals surface area contributed by atoms with Crippen LogP contribution in [-0.4, -0.2) is 92.9 Å². The predicted octanol–water partition coefficient (Wildman–Crippen LogP) is 4.06. The lowest BCUT2D eigenvalue weighted by atomic mass is 9.78. The van der Waals surface area contributed by atoms with Crippen LogP contribution in [0.1, 0.15) is 75.7 Å². The molecule has 2 aliphatic carbocycles. The number of piperidine rings is 2. The number of sulfonamides is 1. The molecule has 2 saturated heterocycles. The molecule has 0 radical (unpaired) electrons. The molecule has 242 valence electrons. The van der Waals surface area contributed by atoms with E-state index in [9.17, 15) is 13.2 Å². The van der Waals surface area contributed by atoms with Gasteiger partial charge in [-0.25, -0.2) is 17.7 Å². The highest BCUT2D eigenvalue weighted by atomic mass is 32.2. The fourth-order valence-corrected chi connectivity index (χ4v) is 8.36. The van der Waals surface area contributed by atoms with E-state index in [1.807, 2.05) is 4.90 Å². The van der Waals surface area contributed by atoms with Crippen molar-refractivity contribution < 1.29 is 13.2 Å². The molecule has 0 bridgehead atoms. The van der Waals surface area contributed by atoms with Gasteiger partial charge < -0.3 is 20.9 Å². The summed E-state index contributed by atoms with van der Waals surface area (Å²) in [6.07, 6.45) is 13.0. The van der Waals surface area contributed by atoms with Crippen molar-refractivity contribution in [3.8, 4) is 0 Å². The zero-order chi connectivity index (χ0) is 31.3. The number of nitrogens with one attached hydrogen (secondary N) is 1. The highest BCUT2D eigenvalue weighted by molar-refractivity contribution is 7.88. The summed E-state index contributed by atoms with van der Waals surface area (Å²) in [5.41, 5.74) is 9.44. The monoisotopic (exact) mass is 624 g/mol. The lowest BCUT2D eigenvalue weighted by molar-refractivity contribution is -0.128. The Balaban J connectivity index is 1.17. The number of benzene rings is 1. The molecular formula is C34H52N6O3S. The second kappa shape index (κ2) is 14.6. The topological polar surface area (TPSA) is 111 Å². The summed E-state index contributed by atoms with van der Waals surface area (Å²) in [6, 6.07) is 11.3. The third kappa shape index (κ3) is 8.12. The zero-order valence-corrected chi connectivity index (χ0v) is 27.5. The summed E-state index contributed by atoms with van der Waals surface area (Å²) in [7, 11) is -1.49. The normalized spacial score (nSPS) is 25.3. The van der Waals surface area contributed by atoms with Crippen LogP contribution in [0.15, 0.2) is 58.9 Å². The third-order valence-electron chi connectivity index (χ3n) is 10.4. The van der Waals surface area contributed by atoms with Gasteiger partial charge in [-0.3, -0.25) is 4.79 Å². The van der Waals surface area contributed by atoms with Gasteiger partial charge in [0.2, 0.25) is 10.0 Å². The summed E-state index contributed by atoms with van der Waals surface area (Å²) in [6.45, 7) is 8.39. The van der Waals surface area contributed by atoms with Gasteiger partial charge in [0.1, 0.15) is 5.70 Å². The number of carbonyl (C=O) groups is 1. The Morgan fingerprint density at radius 3 is 2.34 bits per heavy atom. The van der Waals surface area contributed by atoms with Crippen molar-refractivity contribution in [2.24, 2.45) is 22.6 Å². The van der Waals surface area contributed by atoms with Gasteiger partial charge in [0.15, 0.2) is 0 Å². The highest BCUT2D eigenvalue weighted by Gasteiger charge is 2.37. The molecule has 10 heteroatoms. The molecule has 2 saturated carbocycles. The maximum absolute atomic E-state index is 13.9. The van der Waals surface area contributed by atoms with Crippen LogP contribution in [0, 0.1) is 11.8 Å². The molecule has 0 spiro atoms. The predicted molar refractivity (Wildman–Crippen MR) is 178 cm³/mol. The summed E-state index contributed by atoms with van der Waals surface area (Å²) in [5, 5.41) is 3.63. The van der Waals surface area contributed by atoms with Crippen LogP contribution in [0.3, 0.4) is 0 Å². The van der Waals surface area contributed by atoms with Crippen LogP contribution >= 0.6 is 0 Å². The number of rotatable bonds is 11. The van der Waals surface area contributed by atoms with Crippen LogP contribution < -0.4 is 11.1 Å². The Hall–Kier alpha value is -2.69. The molecular weight excluding hydrogens is 572 g/mol. The Labute approximate surface area is 264 Å². The SMILES string of the molecule is C=C(NC[C@H]1CCC[C@@H](c2ccccc2)C1)/C(=C(\N=CN)C(=O)N1CCC(N2CCC(N(C)S(C)(=O)=O)CC2)CC1)C1CC1. The van der Waals surface area contributed by atoms with Gasteiger partial charge in [0.25, 0.3) is 5.91 Å². The van der Waals surface area contributed by atoms with Crippen molar-refractivity contribution in [3.05, 3.63) is 59.4 Å². The van der Waals surface area contributed by atoms with Crippen LogP contribution in [-0.2, 0) is 14.8 Å². The average molecular weight is 625 g/mol. The van der Waals surface area contributed by atoms with E-state index in [2.05, 4.69) is 52.1 Å². The van der Waals surface area contributed by atoms with Crippen molar-refractivity contribution in [2.45, 2.75) is 82.2 Å². The number of amides is 1. The number of aliphatic imine (C=N–C) groups is 1. The average Bonchev–Trinajstić information content (AvgIpc) is 3.88. The zero-order valence-electron chi connectivity index (χ0n) is 26.7. The first-order valence-electron chi connectivity index (χ1n) is 16.6. The molecule has 44 heavy (non-hydrogen) atoms. The molecule has 1 amide bonds. The molecule has 0 aromatic heterocycles. The largest absolute Gasteiger partial charge is 0.390 e. The molecule has 2 atom stereocenters. The van der Waals surface area contributed by atoms with E-state index in [1.165, 1.54) is 48.1 Å². The minimum Gasteiger partial charge on any atom is -0.390 e. The molecule has 1 aromatic carbocycles. The molecule has 4 aliphatic rings. The van der Waals surface area contributed by atoms with Crippen LogP contribution in [0.2, 0.25) is 0 Å². The number of likely N-dealkylation sites (tertiary alicyclic amines) is 2. The van der Waals surface area contributed by atoms with Gasteiger partial charge in [0.05, 0.1) is 12.6 Å². The smallest absolute Gasteiger partial charge is 0.272 e. The standard InChI is InChI=1S/C34H52N6O3S/c1-25(36-23-26-8-7-11-29(22-26)27-9-5-4-6-10-27)32(28-12-13-28)33(37-24-35)34(41)40-20-16-31(17-21-40)39-18-14-30(15-19-39)38(2)44(3,42)43/h4-6,9-10,24,26,28-31,36H,1,7-8,11-23H2,2-3H3,(H2,35,37)/b33-32+/t26-,29+/m0/s1. The van der Waals surface area contributed by atoms with E-state index < -0.39 is 10.0 Å². The van der Waals surface area contributed by atoms with Crippen molar-refractivity contribution in [1.29, 1.82) is 0 Å². The van der Waals surface area contributed by atoms with Gasteiger partial charge in [-0.1, -0.05) is 43.3 Å². The van der Waals surface area contributed by atoms with Crippen molar-refractivity contribution in [3.63, 3.8) is 0 Å². The van der Waals surface area contributed by atoms with Gasteiger partial charge in [-0.05, 0) is 94.2 Å². The van der Waals surface area contributed by atoms with Crippen molar-refractivity contribution in [1.82, 2.24) is 19.4 Å². The Bertz CT molecular complexity index is 1310. The summed E-state index contributed by atoms with van der Waals surface area (Å²) in [4.78, 5) is 22.8. The quantitative estimate of drug-likeness (QED) is 0.166. The number of allylic oxidation sites excluding steroid dienone is 1. The first kappa shape index (κ1) is 32.7. The molecule has 4 fully saturated rings. The fourth-order valence-electron chi connectivity index (χ4n) is 7.61. The maximum Gasteiger partial charge on any atom is 0.272 e. The molecule has 2 heterocycles. The number of nitrogens with zero attached hydrogens (tertiary/aromatic N) is 4. The van der Waals surface area contributed by atoms with Gasteiger partial charge in [-0.15, -0.1) is 0 Å². The summed E-state index contributed by atoms with van der Waals surface area (Å²) in [5.74, 6) is 1.42. The highest BCUT2D eigenvalue weighted by Crippen LogP contribution is 2.42. The minimum atomic E-state index is -3.18. The van der Waals surface area contributed by atoms with E-state index in [4.69, 9.17) is 5.73 Å². The first-order valence-corrected chi connectivity index (χ1v) is 18.4. The van der Waals surface area contributed by atoms with E-state index >= 15 is 0 Å². The Morgan fingerprint density at radius 1 is 1.05 bits per heavy atom. The lowest BCUT2D eigenvalue weighted by Crippen LogP contribution is -2.52. The molecule has 1 aromatic rings. The van der Waals surface area contributed by atoms with Crippen LogP contribution in [0.5, 0.6) is 0 Å². The molecule has 2 aliphatic heterocycles. The van der Waals surface area contributed by atoms with Crippen molar-refractivity contribution in [2.75, 3.05) is 46.0 Å². The van der Waals surface area contributed by atoms with Gasteiger partial charge >= 0.3 is 0 Å². The number of carbonyl (C=O) groups excluding carboxylic acids is 1. The van der Waals surface area contributed by atoms with E-state index in [0.29, 0.717) is 42.6 Å². The number of hydrogen-bond donors (Lipinski definition) is 2. The minimum absolute atomic E-state index is 0.0507. The van der Waals surface area contributed by atoms with Crippen molar-refractivity contribution >= 4 is 22.3 Å². The van der Waals surface area contributed by atoms with E-state index in [0.717, 1.165) is 69.4 Å². The fraction of sp³-hybridized carbons (Fsp3) is 0.647. The van der Waals surface area contributed by atoms with Gasteiger partial charge in [-0.2, -0.15) is 0 Å². The molecule has 9 nitrogen and oxygen atoms in total. The second-order valence-electron chi connectivity index (χ2n) is 13.4. The number of nitrogens with two attached hydrogens (primary N) is 1. The Kier molecular flexibility index (Phi) is 10.9. The molecule has 5 rings (SSSR count). The van der Waals surface area contributed by atoms with E-state index in [1.54, 1.807) is 7.05 Å². The van der Waals surface area contributed by atoms with Crippen LogP contribution in [0.4, 0.5) is 0 Å². The first-order chi connectivity index (χ1) is 21.2. The van der Waals surface area contributed by atoms with E-state index in [-0.39, 0.29) is 11.9 Å². The maximum atomic E-state index is 13.9. The lowest BCUT2D eigenvalue weighted by Gasteiger charge is -2.43. The number of hydrogen-bond acceptors (Lipinski definition) is 6. The third-order valence-corrected chi connectivity index (χ3v) is 11.8. The molecule has 3 N–H and O–H groups in total.